The van der Waals surface area contributed by atoms with E-state index in [0.717, 1.165) is 11.4 Å². The Hall–Kier alpha value is -1.22. The minimum absolute atomic E-state index is 0.0264. The Morgan fingerprint density at radius 1 is 1.43 bits per heavy atom. The standard InChI is InChI=1S/C10H11ClN2O/c1-6-5-12-8-3-2-7(11)4-9(8)13-10(6)14/h2-4,6,12H,5H2,1H3,(H,13,14). The van der Waals surface area contributed by atoms with Gasteiger partial charge in [0.05, 0.1) is 17.3 Å². The van der Waals surface area contributed by atoms with Crippen LogP contribution in [0.5, 0.6) is 0 Å². The summed E-state index contributed by atoms with van der Waals surface area (Å²) in [4.78, 5) is 11.5. The van der Waals surface area contributed by atoms with Gasteiger partial charge in [0.25, 0.3) is 0 Å². The summed E-state index contributed by atoms with van der Waals surface area (Å²) in [7, 11) is 0. The smallest absolute Gasteiger partial charge is 0.229 e. The molecule has 1 amide bonds. The molecule has 0 bridgehead atoms. The number of amides is 1. The van der Waals surface area contributed by atoms with E-state index in [9.17, 15) is 4.79 Å². The molecule has 0 aromatic heterocycles. The zero-order chi connectivity index (χ0) is 10.1. The third-order valence-electron chi connectivity index (χ3n) is 2.29. The fraction of sp³-hybridized carbons (Fsp3) is 0.300. The monoisotopic (exact) mass is 210 g/mol. The molecule has 1 aliphatic rings. The molecule has 1 unspecified atom stereocenters. The Kier molecular flexibility index (Phi) is 2.33. The molecule has 3 nitrogen and oxygen atoms in total. The molecular formula is C10H11ClN2O. The van der Waals surface area contributed by atoms with Gasteiger partial charge >= 0.3 is 0 Å². The lowest BCUT2D eigenvalue weighted by atomic mass is 10.2. The zero-order valence-electron chi connectivity index (χ0n) is 7.80. The van der Waals surface area contributed by atoms with Gasteiger partial charge in [-0.3, -0.25) is 4.79 Å². The molecule has 1 heterocycles. The second kappa shape index (κ2) is 3.50. The molecular weight excluding hydrogens is 200 g/mol. The van der Waals surface area contributed by atoms with Gasteiger partial charge in [-0.25, -0.2) is 0 Å². The molecule has 2 rings (SSSR count). The largest absolute Gasteiger partial charge is 0.383 e. The molecule has 4 heteroatoms. The quantitative estimate of drug-likeness (QED) is 0.690. The summed E-state index contributed by atoms with van der Waals surface area (Å²) in [6.45, 7) is 2.54. The number of carbonyl (C=O) groups excluding carboxylic acids is 1. The van der Waals surface area contributed by atoms with Crippen molar-refractivity contribution in [3.05, 3.63) is 23.2 Å². The van der Waals surface area contributed by atoms with Gasteiger partial charge < -0.3 is 10.6 Å². The normalized spacial score (nSPS) is 20.4. The molecule has 1 aromatic carbocycles. The van der Waals surface area contributed by atoms with E-state index in [2.05, 4.69) is 10.6 Å². The van der Waals surface area contributed by atoms with Gasteiger partial charge in [0.2, 0.25) is 5.91 Å². The summed E-state index contributed by atoms with van der Waals surface area (Å²) in [6.07, 6.45) is 0. The van der Waals surface area contributed by atoms with Crippen LogP contribution in [0.1, 0.15) is 6.92 Å². The fourth-order valence-corrected chi connectivity index (χ4v) is 1.56. The lowest BCUT2D eigenvalue weighted by molar-refractivity contribution is -0.118. The summed E-state index contributed by atoms with van der Waals surface area (Å²) in [6, 6.07) is 5.42. The summed E-state index contributed by atoms with van der Waals surface area (Å²) < 4.78 is 0. The van der Waals surface area contributed by atoms with E-state index in [1.807, 2.05) is 13.0 Å². The number of fused-ring (bicyclic) bond motifs is 1. The van der Waals surface area contributed by atoms with Crippen LogP contribution < -0.4 is 10.6 Å². The first kappa shape index (κ1) is 9.34. The number of hydrogen-bond acceptors (Lipinski definition) is 2. The van der Waals surface area contributed by atoms with Gasteiger partial charge in [-0.1, -0.05) is 18.5 Å². The topological polar surface area (TPSA) is 41.1 Å². The number of anilines is 2. The van der Waals surface area contributed by atoms with Crippen LogP contribution in [0.15, 0.2) is 18.2 Å². The number of carbonyl (C=O) groups is 1. The van der Waals surface area contributed by atoms with Crippen LogP contribution in [0.3, 0.4) is 0 Å². The van der Waals surface area contributed by atoms with E-state index in [0.29, 0.717) is 11.6 Å². The van der Waals surface area contributed by atoms with Gasteiger partial charge in [-0.05, 0) is 18.2 Å². The summed E-state index contributed by atoms with van der Waals surface area (Å²) in [5.74, 6) is -0.000285. The maximum absolute atomic E-state index is 11.5. The lowest BCUT2D eigenvalue weighted by Gasteiger charge is -2.06. The number of benzene rings is 1. The highest BCUT2D eigenvalue weighted by Gasteiger charge is 2.18. The van der Waals surface area contributed by atoms with E-state index < -0.39 is 0 Å². The predicted octanol–water partition coefficient (Wildman–Crippen LogP) is 2.34. The van der Waals surface area contributed by atoms with E-state index in [1.54, 1.807) is 12.1 Å². The van der Waals surface area contributed by atoms with Crippen molar-refractivity contribution in [2.75, 3.05) is 17.2 Å². The average molecular weight is 211 g/mol. The van der Waals surface area contributed by atoms with Crippen molar-refractivity contribution in [3.8, 4) is 0 Å². The van der Waals surface area contributed by atoms with Crippen LogP contribution in [0.4, 0.5) is 11.4 Å². The minimum atomic E-state index is -0.0267. The third kappa shape index (κ3) is 1.68. The Morgan fingerprint density at radius 2 is 2.21 bits per heavy atom. The fourth-order valence-electron chi connectivity index (χ4n) is 1.39. The highest BCUT2D eigenvalue weighted by Crippen LogP contribution is 2.28. The van der Waals surface area contributed by atoms with Crippen LogP contribution in [0.25, 0.3) is 0 Å². The Labute approximate surface area is 87.4 Å². The van der Waals surface area contributed by atoms with Gasteiger partial charge in [-0.2, -0.15) is 0 Å². The Balaban J connectivity index is 2.38. The number of hydrogen-bond donors (Lipinski definition) is 2. The van der Waals surface area contributed by atoms with Gasteiger partial charge in [0, 0.05) is 11.6 Å². The number of halogens is 1. The van der Waals surface area contributed by atoms with E-state index in [4.69, 9.17) is 11.6 Å². The van der Waals surface area contributed by atoms with Crippen molar-refractivity contribution in [3.63, 3.8) is 0 Å². The first-order valence-electron chi connectivity index (χ1n) is 4.51. The maximum Gasteiger partial charge on any atom is 0.229 e. The Bertz CT molecular complexity index is 378. The first-order valence-corrected chi connectivity index (χ1v) is 4.89. The highest BCUT2D eigenvalue weighted by molar-refractivity contribution is 6.31. The molecule has 0 fully saturated rings. The van der Waals surface area contributed by atoms with Crippen LogP contribution >= 0.6 is 11.6 Å². The lowest BCUT2D eigenvalue weighted by Crippen LogP contribution is -2.22. The van der Waals surface area contributed by atoms with Crippen molar-refractivity contribution >= 4 is 28.9 Å². The molecule has 0 saturated heterocycles. The second-order valence-corrected chi connectivity index (χ2v) is 3.90. The van der Waals surface area contributed by atoms with E-state index in [-0.39, 0.29) is 11.8 Å². The molecule has 1 atom stereocenters. The SMILES string of the molecule is CC1CNc2ccc(Cl)cc2NC1=O. The molecule has 0 spiro atoms. The number of rotatable bonds is 0. The average Bonchev–Trinajstić information content (AvgIpc) is 2.27. The highest BCUT2D eigenvalue weighted by atomic mass is 35.5. The zero-order valence-corrected chi connectivity index (χ0v) is 8.56. The van der Waals surface area contributed by atoms with Crippen molar-refractivity contribution in [1.82, 2.24) is 0 Å². The number of nitrogens with one attached hydrogen (secondary N) is 2. The van der Waals surface area contributed by atoms with Gasteiger partial charge in [0.1, 0.15) is 0 Å². The molecule has 0 saturated carbocycles. The van der Waals surface area contributed by atoms with Crippen molar-refractivity contribution in [2.24, 2.45) is 5.92 Å². The molecule has 1 aliphatic heterocycles. The van der Waals surface area contributed by atoms with Crippen molar-refractivity contribution in [1.29, 1.82) is 0 Å². The third-order valence-corrected chi connectivity index (χ3v) is 2.52. The minimum Gasteiger partial charge on any atom is -0.383 e. The summed E-state index contributed by atoms with van der Waals surface area (Å²) in [5, 5.41) is 6.64. The molecule has 0 aliphatic carbocycles. The maximum atomic E-state index is 11.5. The molecule has 14 heavy (non-hydrogen) atoms. The van der Waals surface area contributed by atoms with E-state index in [1.165, 1.54) is 0 Å². The van der Waals surface area contributed by atoms with Crippen LogP contribution in [0, 0.1) is 5.92 Å². The van der Waals surface area contributed by atoms with Crippen LogP contribution in [0.2, 0.25) is 5.02 Å². The van der Waals surface area contributed by atoms with Crippen molar-refractivity contribution < 1.29 is 4.79 Å². The molecule has 1 aromatic rings. The summed E-state index contributed by atoms with van der Waals surface area (Å²) >= 11 is 5.83. The van der Waals surface area contributed by atoms with Gasteiger partial charge in [0.15, 0.2) is 0 Å². The van der Waals surface area contributed by atoms with Crippen LogP contribution in [-0.4, -0.2) is 12.5 Å². The molecule has 74 valence electrons. The van der Waals surface area contributed by atoms with Crippen molar-refractivity contribution in [2.45, 2.75) is 6.92 Å². The predicted molar refractivity (Wildman–Crippen MR) is 57.7 cm³/mol. The van der Waals surface area contributed by atoms with Crippen LogP contribution in [-0.2, 0) is 4.79 Å². The molecule has 0 radical (unpaired) electrons. The van der Waals surface area contributed by atoms with Gasteiger partial charge in [-0.15, -0.1) is 0 Å². The first-order chi connectivity index (χ1) is 6.66. The molecule has 2 N–H and O–H groups in total. The van der Waals surface area contributed by atoms with E-state index >= 15 is 0 Å². The second-order valence-electron chi connectivity index (χ2n) is 3.46. The Morgan fingerprint density at radius 3 is 3.00 bits per heavy atom. The summed E-state index contributed by atoms with van der Waals surface area (Å²) in [5.41, 5.74) is 1.68.